The fourth-order valence-electron chi connectivity index (χ4n) is 4.28. The SMILES string of the molecule is CCn1c(C)[n+](CC)c2ccc(C(=O)N3CCC(NC(=O)OC(C)(C)C)CC3)cc21. The predicted molar refractivity (Wildman–Crippen MR) is 117 cm³/mol. The lowest BCUT2D eigenvalue weighted by molar-refractivity contribution is -0.674. The van der Waals surface area contributed by atoms with E-state index in [0.717, 1.165) is 42.5 Å². The number of ether oxygens (including phenoxy) is 1. The Morgan fingerprint density at radius 2 is 1.87 bits per heavy atom. The van der Waals surface area contributed by atoms with E-state index >= 15 is 0 Å². The highest BCUT2D eigenvalue weighted by atomic mass is 16.6. The Balaban J connectivity index is 1.68. The molecule has 1 aromatic carbocycles. The van der Waals surface area contributed by atoms with E-state index in [2.05, 4.69) is 41.3 Å². The molecule has 2 amide bonds. The molecule has 1 aliphatic heterocycles. The van der Waals surface area contributed by atoms with E-state index < -0.39 is 11.7 Å². The minimum Gasteiger partial charge on any atom is -0.444 e. The number of hydrogen-bond donors (Lipinski definition) is 1. The summed E-state index contributed by atoms with van der Waals surface area (Å²) in [5, 5.41) is 2.92. The molecule has 30 heavy (non-hydrogen) atoms. The van der Waals surface area contributed by atoms with E-state index in [1.54, 1.807) is 0 Å². The van der Waals surface area contributed by atoms with Gasteiger partial charge in [-0.15, -0.1) is 0 Å². The zero-order chi connectivity index (χ0) is 22.1. The van der Waals surface area contributed by atoms with Crippen LogP contribution in [-0.4, -0.2) is 46.2 Å². The molecule has 1 saturated heterocycles. The molecular weight excluding hydrogens is 380 g/mol. The van der Waals surface area contributed by atoms with Gasteiger partial charge in [0.25, 0.3) is 11.7 Å². The van der Waals surface area contributed by atoms with Crippen LogP contribution in [0.15, 0.2) is 18.2 Å². The highest BCUT2D eigenvalue weighted by Crippen LogP contribution is 2.20. The first-order chi connectivity index (χ1) is 14.1. The molecule has 0 saturated carbocycles. The average molecular weight is 416 g/mol. The normalized spacial score (nSPS) is 15.5. The second-order valence-electron chi connectivity index (χ2n) is 8.95. The third-order valence-corrected chi connectivity index (χ3v) is 5.72. The summed E-state index contributed by atoms with van der Waals surface area (Å²) < 4.78 is 9.87. The van der Waals surface area contributed by atoms with Crippen molar-refractivity contribution in [2.24, 2.45) is 0 Å². The molecule has 1 fully saturated rings. The van der Waals surface area contributed by atoms with E-state index in [4.69, 9.17) is 4.74 Å². The topological polar surface area (TPSA) is 67.5 Å². The zero-order valence-electron chi connectivity index (χ0n) is 19.1. The van der Waals surface area contributed by atoms with Gasteiger partial charge in [-0.25, -0.2) is 13.9 Å². The fraction of sp³-hybridized carbons (Fsp3) is 0.609. The second kappa shape index (κ2) is 8.66. The Morgan fingerprint density at radius 3 is 2.43 bits per heavy atom. The van der Waals surface area contributed by atoms with Crippen molar-refractivity contribution in [3.05, 3.63) is 29.6 Å². The Hall–Kier alpha value is -2.57. The van der Waals surface area contributed by atoms with E-state index in [-0.39, 0.29) is 11.9 Å². The largest absolute Gasteiger partial charge is 0.444 e. The van der Waals surface area contributed by atoms with Gasteiger partial charge in [-0.1, -0.05) is 0 Å². The van der Waals surface area contributed by atoms with Gasteiger partial charge in [-0.2, -0.15) is 0 Å². The number of benzene rings is 1. The first-order valence-electron chi connectivity index (χ1n) is 11.0. The smallest absolute Gasteiger partial charge is 0.407 e. The molecule has 2 aromatic rings. The number of hydrogen-bond acceptors (Lipinski definition) is 3. The molecule has 1 N–H and O–H groups in total. The monoisotopic (exact) mass is 415 g/mol. The second-order valence-corrected chi connectivity index (χ2v) is 8.95. The Labute approximate surface area is 179 Å². The average Bonchev–Trinajstić information content (AvgIpc) is 2.96. The van der Waals surface area contributed by atoms with Crippen molar-refractivity contribution in [1.29, 1.82) is 0 Å². The van der Waals surface area contributed by atoms with Crippen LogP contribution in [0.25, 0.3) is 11.0 Å². The van der Waals surface area contributed by atoms with E-state index in [1.165, 1.54) is 5.82 Å². The molecular formula is C23H35N4O3+. The third-order valence-electron chi connectivity index (χ3n) is 5.72. The lowest BCUT2D eigenvalue weighted by Crippen LogP contribution is -2.47. The summed E-state index contributed by atoms with van der Waals surface area (Å²) in [5.74, 6) is 1.26. The number of aryl methyl sites for hydroxylation is 2. The van der Waals surface area contributed by atoms with Crippen LogP contribution >= 0.6 is 0 Å². The maximum absolute atomic E-state index is 13.1. The molecule has 1 aromatic heterocycles. The number of fused-ring (bicyclic) bond motifs is 1. The number of amides is 2. The van der Waals surface area contributed by atoms with Crippen LogP contribution in [0.5, 0.6) is 0 Å². The van der Waals surface area contributed by atoms with Gasteiger partial charge in [-0.05, 0) is 59.6 Å². The van der Waals surface area contributed by atoms with Crippen molar-refractivity contribution < 1.29 is 18.9 Å². The zero-order valence-corrected chi connectivity index (χ0v) is 19.1. The number of carbonyl (C=O) groups excluding carboxylic acids is 2. The van der Waals surface area contributed by atoms with Crippen LogP contribution in [0.2, 0.25) is 0 Å². The maximum atomic E-state index is 13.1. The van der Waals surface area contributed by atoms with Crippen molar-refractivity contribution in [1.82, 2.24) is 14.8 Å². The van der Waals surface area contributed by atoms with E-state index in [1.807, 2.05) is 37.8 Å². The Kier molecular flexibility index (Phi) is 6.38. The number of piperidine rings is 1. The predicted octanol–water partition coefficient (Wildman–Crippen LogP) is 3.41. The third kappa shape index (κ3) is 4.60. The lowest BCUT2D eigenvalue weighted by atomic mass is 10.0. The summed E-state index contributed by atoms with van der Waals surface area (Å²) in [4.78, 5) is 27.0. The number of carbonyl (C=O) groups is 2. The molecule has 0 aliphatic carbocycles. The van der Waals surface area contributed by atoms with Gasteiger partial charge in [0, 0.05) is 37.7 Å². The molecule has 0 radical (unpaired) electrons. The van der Waals surface area contributed by atoms with Gasteiger partial charge in [0.05, 0.1) is 13.1 Å². The van der Waals surface area contributed by atoms with Crippen LogP contribution < -0.4 is 9.88 Å². The van der Waals surface area contributed by atoms with Gasteiger partial charge in [0.15, 0.2) is 11.0 Å². The number of alkyl carbamates (subject to hydrolysis) is 1. The minimum absolute atomic E-state index is 0.0369. The van der Waals surface area contributed by atoms with Crippen molar-refractivity contribution in [3.63, 3.8) is 0 Å². The van der Waals surface area contributed by atoms with Crippen molar-refractivity contribution in [3.8, 4) is 0 Å². The Bertz CT molecular complexity index is 934. The number of rotatable bonds is 4. The number of nitrogens with one attached hydrogen (secondary N) is 1. The summed E-state index contributed by atoms with van der Waals surface area (Å²) in [5.41, 5.74) is 2.47. The molecule has 0 spiro atoms. The molecule has 7 nitrogen and oxygen atoms in total. The van der Waals surface area contributed by atoms with Crippen LogP contribution in [0, 0.1) is 6.92 Å². The molecule has 164 valence electrons. The summed E-state index contributed by atoms with van der Waals surface area (Å²) in [6.07, 6.45) is 1.07. The van der Waals surface area contributed by atoms with E-state index in [0.29, 0.717) is 13.1 Å². The minimum atomic E-state index is -0.510. The molecule has 7 heteroatoms. The van der Waals surface area contributed by atoms with E-state index in [9.17, 15) is 9.59 Å². The first-order valence-corrected chi connectivity index (χ1v) is 11.0. The van der Waals surface area contributed by atoms with Crippen molar-refractivity contribution in [2.75, 3.05) is 13.1 Å². The van der Waals surface area contributed by atoms with Crippen LogP contribution in [0.4, 0.5) is 4.79 Å². The van der Waals surface area contributed by atoms with Gasteiger partial charge in [0.1, 0.15) is 5.60 Å². The summed E-state index contributed by atoms with van der Waals surface area (Å²) in [6, 6.07) is 6.05. The van der Waals surface area contributed by atoms with Gasteiger partial charge in [0.2, 0.25) is 0 Å². The van der Waals surface area contributed by atoms with Crippen molar-refractivity contribution >= 4 is 23.0 Å². The molecule has 0 unspecified atom stereocenters. The highest BCUT2D eigenvalue weighted by Gasteiger charge is 2.27. The summed E-state index contributed by atoms with van der Waals surface area (Å²) in [6.45, 7) is 15.0. The summed E-state index contributed by atoms with van der Waals surface area (Å²) >= 11 is 0. The molecule has 0 bridgehead atoms. The number of likely N-dealkylation sites (tertiary alicyclic amines) is 1. The maximum Gasteiger partial charge on any atom is 0.407 e. The molecule has 2 heterocycles. The number of imidazole rings is 1. The van der Waals surface area contributed by atoms with Crippen molar-refractivity contribution in [2.45, 2.75) is 79.1 Å². The lowest BCUT2D eigenvalue weighted by Gasteiger charge is -2.33. The quantitative estimate of drug-likeness (QED) is 0.778. The summed E-state index contributed by atoms with van der Waals surface area (Å²) in [7, 11) is 0. The standard InChI is InChI=1S/C23H34N4O3/c1-7-26-16(3)27(8-2)20-15-17(9-10-19(20)26)21(28)25-13-11-18(12-14-25)24-22(29)30-23(4,5)6/h9-10,15,18H,7-8,11-14H2,1-6H3/p+1. The molecule has 3 rings (SSSR count). The Morgan fingerprint density at radius 1 is 1.20 bits per heavy atom. The molecule has 1 aliphatic rings. The van der Waals surface area contributed by atoms with Gasteiger partial charge in [-0.3, -0.25) is 4.79 Å². The number of aromatic nitrogens is 2. The van der Waals surface area contributed by atoms with Crippen LogP contribution in [0.1, 0.15) is 63.6 Å². The first kappa shape index (κ1) is 22.1. The number of nitrogens with zero attached hydrogens (tertiary/aromatic N) is 3. The van der Waals surface area contributed by atoms with Crippen LogP contribution in [-0.2, 0) is 17.8 Å². The van der Waals surface area contributed by atoms with Crippen LogP contribution in [0.3, 0.4) is 0 Å². The molecule has 0 atom stereocenters. The van der Waals surface area contributed by atoms with Gasteiger partial charge >= 0.3 is 6.09 Å². The fourth-order valence-corrected chi connectivity index (χ4v) is 4.28. The van der Waals surface area contributed by atoms with Gasteiger partial charge < -0.3 is 15.0 Å². The highest BCUT2D eigenvalue weighted by molar-refractivity contribution is 5.97.